The van der Waals surface area contributed by atoms with Crippen LogP contribution in [-0.4, -0.2) is 30.3 Å². The Kier molecular flexibility index (Phi) is 2.65. The van der Waals surface area contributed by atoms with Crippen molar-refractivity contribution in [2.75, 3.05) is 0 Å². The zero-order valence-corrected chi connectivity index (χ0v) is 10.7. The second kappa shape index (κ2) is 4.05. The molecule has 0 spiro atoms. The van der Waals surface area contributed by atoms with Crippen LogP contribution >= 0.6 is 0 Å². The van der Waals surface area contributed by atoms with Crippen LogP contribution < -0.4 is 0 Å². The van der Waals surface area contributed by atoms with Gasteiger partial charge >= 0.3 is 0 Å². The molecule has 3 rings (SSSR count). The Labute approximate surface area is 103 Å². The van der Waals surface area contributed by atoms with Crippen molar-refractivity contribution in [3.63, 3.8) is 0 Å². The monoisotopic (exact) mass is 252 g/mol. The first-order chi connectivity index (χ1) is 8.15. The van der Waals surface area contributed by atoms with Crippen LogP contribution in [0.4, 0.5) is 0 Å². The average molecular weight is 252 g/mol. The van der Waals surface area contributed by atoms with E-state index in [2.05, 4.69) is 5.10 Å². The van der Waals surface area contributed by atoms with Gasteiger partial charge < -0.3 is 0 Å². The van der Waals surface area contributed by atoms with Gasteiger partial charge in [0.05, 0.1) is 0 Å². The maximum absolute atomic E-state index is 12.3. The molecule has 2 unspecified atom stereocenters. The Morgan fingerprint density at radius 3 is 2.59 bits per heavy atom. The zero-order valence-electron chi connectivity index (χ0n) is 9.83. The molecule has 0 amide bonds. The van der Waals surface area contributed by atoms with Gasteiger partial charge in [-0.05, 0) is 31.7 Å². The molecule has 2 aliphatic rings. The van der Waals surface area contributed by atoms with Crippen LogP contribution in [0.3, 0.4) is 0 Å². The van der Waals surface area contributed by atoms with Crippen molar-refractivity contribution in [3.05, 3.63) is 18.0 Å². The lowest BCUT2D eigenvalue weighted by Gasteiger charge is -2.25. The van der Waals surface area contributed by atoms with Crippen LogP contribution in [0, 0.1) is 5.92 Å². The van der Waals surface area contributed by atoms with Crippen LogP contribution in [-0.2, 0) is 17.8 Å². The third-order valence-electron chi connectivity index (χ3n) is 3.90. The van der Waals surface area contributed by atoms with E-state index in [1.807, 2.05) is 7.05 Å². The molecule has 92 valence electrons. The quantitative estimate of drug-likeness (QED) is 0.745. The van der Waals surface area contributed by atoms with Gasteiger partial charge in [-0.15, -0.1) is 0 Å². The lowest BCUT2D eigenvalue weighted by molar-refractivity contribution is 0.0900. The van der Waals surface area contributed by atoms with Crippen LogP contribution in [0.25, 0.3) is 0 Å². The van der Waals surface area contributed by atoms with Crippen molar-refractivity contribution in [3.8, 4) is 0 Å². The number of rotatable bonds is 2. The second-order valence-corrected chi connectivity index (χ2v) is 7.05. The predicted octanol–water partition coefficient (Wildman–Crippen LogP) is 1.29. The molecule has 1 aromatic rings. The second-order valence-electron chi connectivity index (χ2n) is 5.06. The number of hydrogen-bond donors (Lipinski definition) is 0. The van der Waals surface area contributed by atoms with Gasteiger partial charge in [0.1, 0.15) is 5.69 Å². The summed E-state index contributed by atoms with van der Waals surface area (Å²) in [5, 5.41) is 4.68. The number of aryl methyl sites for hydroxylation is 1. The van der Waals surface area contributed by atoms with Crippen LogP contribution in [0.1, 0.15) is 36.2 Å². The van der Waals surface area contributed by atoms with E-state index in [0.717, 1.165) is 25.7 Å². The van der Waals surface area contributed by atoms with Gasteiger partial charge in [0.2, 0.25) is 0 Å². The summed E-state index contributed by atoms with van der Waals surface area (Å²) >= 11 is 0. The van der Waals surface area contributed by atoms with Crippen molar-refractivity contribution in [2.45, 2.75) is 36.2 Å². The van der Waals surface area contributed by atoms with E-state index in [0.29, 0.717) is 5.69 Å². The third-order valence-corrected chi connectivity index (χ3v) is 6.07. The van der Waals surface area contributed by atoms with Crippen LogP contribution in [0.15, 0.2) is 12.3 Å². The summed E-state index contributed by atoms with van der Waals surface area (Å²) < 4.78 is 13.5. The molecule has 4 nitrogen and oxygen atoms in total. The number of carbonyl (C=O) groups excluding carboxylic acids is 1. The largest absolute Gasteiger partial charge is 0.292 e. The molecule has 2 atom stereocenters. The number of hydrogen-bond acceptors (Lipinski definition) is 3. The summed E-state index contributed by atoms with van der Waals surface area (Å²) in [4.78, 5) is 12.3. The van der Waals surface area contributed by atoms with Crippen molar-refractivity contribution < 1.29 is 9.00 Å². The topological polar surface area (TPSA) is 52.0 Å². The first kappa shape index (κ1) is 11.1. The minimum atomic E-state index is -0.685. The molecule has 17 heavy (non-hydrogen) atoms. The standard InChI is InChI=1S/C12H16N2O2S/c1-14-5-4-11(13-14)12(15)8-6-9-2-3-10(7-8)17(9)16/h4-5,8-10H,2-3,6-7H2,1H3. The number of aromatic nitrogens is 2. The van der Waals surface area contributed by atoms with E-state index < -0.39 is 10.8 Å². The smallest absolute Gasteiger partial charge is 0.186 e. The highest BCUT2D eigenvalue weighted by Crippen LogP contribution is 2.39. The summed E-state index contributed by atoms with van der Waals surface area (Å²) in [6, 6.07) is 1.77. The van der Waals surface area contributed by atoms with E-state index in [9.17, 15) is 9.00 Å². The predicted molar refractivity (Wildman–Crippen MR) is 65.2 cm³/mol. The van der Waals surface area contributed by atoms with E-state index in [4.69, 9.17) is 0 Å². The molecule has 2 saturated heterocycles. The Morgan fingerprint density at radius 1 is 1.41 bits per heavy atom. The van der Waals surface area contributed by atoms with Crippen LogP contribution in [0.5, 0.6) is 0 Å². The number of Topliss-reactive ketones (excluding diaryl/α,β-unsaturated/α-hetero) is 1. The van der Waals surface area contributed by atoms with Gasteiger partial charge in [0.15, 0.2) is 5.78 Å². The molecule has 1 aromatic heterocycles. The number of fused-ring (bicyclic) bond motifs is 2. The summed E-state index contributed by atoms with van der Waals surface area (Å²) in [5.41, 5.74) is 0.560. The maximum Gasteiger partial charge on any atom is 0.186 e. The third kappa shape index (κ3) is 1.86. The Bertz CT molecular complexity index is 467. The molecule has 2 bridgehead atoms. The summed E-state index contributed by atoms with van der Waals surface area (Å²) in [6.45, 7) is 0. The number of carbonyl (C=O) groups is 1. The highest BCUT2D eigenvalue weighted by molar-refractivity contribution is 7.86. The first-order valence-corrected chi connectivity index (χ1v) is 7.36. The number of nitrogens with zero attached hydrogens (tertiary/aromatic N) is 2. The SMILES string of the molecule is Cn1ccc(C(=O)C2CC3CCC(C2)S3=O)n1. The van der Waals surface area contributed by atoms with Gasteiger partial charge in [-0.1, -0.05) is 0 Å². The minimum absolute atomic E-state index is 0.0418. The molecule has 3 heterocycles. The fraction of sp³-hybridized carbons (Fsp3) is 0.667. The Balaban J connectivity index is 1.78. The van der Waals surface area contributed by atoms with E-state index in [-0.39, 0.29) is 22.2 Å². The molecule has 5 heteroatoms. The average Bonchev–Trinajstić information content (AvgIpc) is 2.79. The normalized spacial score (nSPS) is 36.1. The van der Waals surface area contributed by atoms with Crippen molar-refractivity contribution in [1.82, 2.24) is 9.78 Å². The first-order valence-electron chi connectivity index (χ1n) is 6.08. The van der Waals surface area contributed by atoms with E-state index in [1.54, 1.807) is 16.9 Å². The van der Waals surface area contributed by atoms with Crippen molar-refractivity contribution >= 4 is 16.6 Å². The van der Waals surface area contributed by atoms with Gasteiger partial charge in [-0.25, -0.2) is 0 Å². The highest BCUT2D eigenvalue weighted by Gasteiger charge is 2.43. The summed E-state index contributed by atoms with van der Waals surface area (Å²) in [5.74, 6) is 0.180. The van der Waals surface area contributed by atoms with Crippen LogP contribution in [0.2, 0.25) is 0 Å². The molecular weight excluding hydrogens is 236 g/mol. The van der Waals surface area contributed by atoms with Gasteiger partial charge in [-0.2, -0.15) is 5.10 Å². The highest BCUT2D eigenvalue weighted by atomic mass is 32.2. The molecule has 0 aliphatic carbocycles. The Morgan fingerprint density at radius 2 is 2.06 bits per heavy atom. The molecule has 2 fully saturated rings. The lowest BCUT2D eigenvalue weighted by atomic mass is 9.93. The minimum Gasteiger partial charge on any atom is -0.292 e. The molecule has 2 aliphatic heterocycles. The van der Waals surface area contributed by atoms with Gasteiger partial charge in [-0.3, -0.25) is 13.7 Å². The van der Waals surface area contributed by atoms with E-state index >= 15 is 0 Å². The number of ketones is 1. The zero-order chi connectivity index (χ0) is 12.0. The summed E-state index contributed by atoms with van der Waals surface area (Å²) in [7, 11) is 1.13. The molecule has 0 saturated carbocycles. The van der Waals surface area contributed by atoms with E-state index in [1.165, 1.54) is 0 Å². The van der Waals surface area contributed by atoms with Gasteiger partial charge in [0.25, 0.3) is 0 Å². The molecular formula is C12H16N2O2S. The van der Waals surface area contributed by atoms with Gasteiger partial charge in [0, 0.05) is 40.5 Å². The fourth-order valence-corrected chi connectivity index (χ4v) is 5.13. The Hall–Kier alpha value is -0.970. The summed E-state index contributed by atoms with van der Waals surface area (Å²) in [6.07, 6.45) is 5.44. The fourth-order valence-electron chi connectivity index (χ4n) is 3.00. The lowest BCUT2D eigenvalue weighted by Crippen LogP contribution is -2.32. The molecule has 0 N–H and O–H groups in total. The molecule has 0 aromatic carbocycles. The maximum atomic E-state index is 12.3. The van der Waals surface area contributed by atoms with Crippen molar-refractivity contribution in [1.29, 1.82) is 0 Å². The van der Waals surface area contributed by atoms with Crippen molar-refractivity contribution in [2.24, 2.45) is 13.0 Å². The molecule has 0 radical (unpaired) electrons.